The van der Waals surface area contributed by atoms with E-state index < -0.39 is 0 Å². The van der Waals surface area contributed by atoms with E-state index >= 15 is 0 Å². The fourth-order valence-electron chi connectivity index (χ4n) is 2.01. The van der Waals surface area contributed by atoms with Gasteiger partial charge in [0.1, 0.15) is 11.5 Å². The lowest BCUT2D eigenvalue weighted by molar-refractivity contribution is -0.118. The first-order chi connectivity index (χ1) is 11.6. The van der Waals surface area contributed by atoms with Crippen molar-refractivity contribution < 1.29 is 19.1 Å². The molecule has 0 spiro atoms. The molecule has 0 aliphatic carbocycles. The maximum atomic E-state index is 11.9. The normalized spacial score (nSPS) is 9.92. The van der Waals surface area contributed by atoms with Gasteiger partial charge in [0.25, 0.3) is 11.8 Å². The van der Waals surface area contributed by atoms with E-state index in [1.165, 1.54) is 0 Å². The second kappa shape index (κ2) is 8.57. The highest BCUT2D eigenvalue weighted by molar-refractivity contribution is 5.94. The van der Waals surface area contributed by atoms with Crippen LogP contribution < -0.4 is 20.1 Å². The molecule has 2 amide bonds. The van der Waals surface area contributed by atoms with Gasteiger partial charge in [0, 0.05) is 23.9 Å². The average Bonchev–Trinajstić information content (AvgIpc) is 2.61. The highest BCUT2D eigenvalue weighted by Crippen LogP contribution is 2.17. The van der Waals surface area contributed by atoms with Crippen LogP contribution in [0, 0.1) is 0 Å². The van der Waals surface area contributed by atoms with Crippen LogP contribution in [0.2, 0.25) is 0 Å². The molecular weight excluding hydrogens is 308 g/mol. The third kappa shape index (κ3) is 5.01. The summed E-state index contributed by atoms with van der Waals surface area (Å²) in [6.07, 6.45) is 0. The number of ether oxygens (including phenoxy) is 2. The molecule has 0 bridgehead atoms. The van der Waals surface area contributed by atoms with Crippen LogP contribution in [0.15, 0.2) is 48.5 Å². The number of hydrogen-bond acceptors (Lipinski definition) is 4. The fourth-order valence-corrected chi connectivity index (χ4v) is 2.01. The Labute approximate surface area is 140 Å². The zero-order chi connectivity index (χ0) is 17.4. The second-order valence-corrected chi connectivity index (χ2v) is 4.95. The van der Waals surface area contributed by atoms with Gasteiger partial charge >= 0.3 is 0 Å². The predicted octanol–water partition coefficient (Wildman–Crippen LogP) is 2.46. The number of hydrogen-bond donors (Lipinski definition) is 2. The van der Waals surface area contributed by atoms with Crippen molar-refractivity contribution in [2.24, 2.45) is 0 Å². The molecular formula is C18H20N2O4. The van der Waals surface area contributed by atoms with Crippen LogP contribution in [-0.2, 0) is 4.79 Å². The largest absolute Gasteiger partial charge is 0.497 e. The summed E-state index contributed by atoms with van der Waals surface area (Å²) < 4.78 is 10.5. The molecule has 0 radical (unpaired) electrons. The van der Waals surface area contributed by atoms with Crippen LogP contribution in [0.4, 0.5) is 5.69 Å². The van der Waals surface area contributed by atoms with E-state index in [-0.39, 0.29) is 18.4 Å². The molecule has 0 aliphatic heterocycles. The quantitative estimate of drug-likeness (QED) is 0.818. The van der Waals surface area contributed by atoms with Gasteiger partial charge in [0.15, 0.2) is 6.61 Å². The van der Waals surface area contributed by atoms with Crippen LogP contribution in [0.25, 0.3) is 0 Å². The van der Waals surface area contributed by atoms with Gasteiger partial charge in [0.05, 0.1) is 7.11 Å². The molecule has 2 aromatic carbocycles. The van der Waals surface area contributed by atoms with E-state index in [0.717, 1.165) is 0 Å². The third-order valence-corrected chi connectivity index (χ3v) is 3.18. The molecule has 2 N–H and O–H groups in total. The summed E-state index contributed by atoms with van der Waals surface area (Å²) >= 11 is 0. The number of rotatable bonds is 7. The molecule has 0 atom stereocenters. The number of amides is 2. The summed E-state index contributed by atoms with van der Waals surface area (Å²) in [6, 6.07) is 13.7. The predicted molar refractivity (Wildman–Crippen MR) is 91.6 cm³/mol. The topological polar surface area (TPSA) is 76.7 Å². The van der Waals surface area contributed by atoms with Crippen molar-refractivity contribution in [3.63, 3.8) is 0 Å². The molecule has 6 heteroatoms. The van der Waals surface area contributed by atoms with Gasteiger partial charge in [-0.2, -0.15) is 0 Å². The maximum Gasteiger partial charge on any atom is 0.262 e. The van der Waals surface area contributed by atoms with Crippen molar-refractivity contribution in [3.05, 3.63) is 54.1 Å². The Balaban J connectivity index is 1.86. The third-order valence-electron chi connectivity index (χ3n) is 3.18. The van der Waals surface area contributed by atoms with E-state index in [4.69, 9.17) is 9.47 Å². The SMILES string of the molecule is CCNC(=O)c1ccc(OCC(=O)Nc2cccc(OC)c2)cc1. The molecule has 0 heterocycles. The van der Waals surface area contributed by atoms with E-state index in [1.54, 1.807) is 55.6 Å². The number of carbonyl (C=O) groups is 2. The summed E-state index contributed by atoms with van der Waals surface area (Å²) in [5, 5.41) is 5.44. The Kier molecular flexibility index (Phi) is 6.19. The Morgan fingerprint density at radius 3 is 2.46 bits per heavy atom. The Morgan fingerprint density at radius 2 is 1.79 bits per heavy atom. The fraction of sp³-hybridized carbons (Fsp3) is 0.222. The number of benzene rings is 2. The van der Waals surface area contributed by atoms with Gasteiger partial charge < -0.3 is 20.1 Å². The summed E-state index contributed by atoms with van der Waals surface area (Å²) in [5.74, 6) is 0.759. The van der Waals surface area contributed by atoms with Gasteiger partial charge in [-0.1, -0.05) is 6.07 Å². The molecule has 126 valence electrons. The molecule has 0 saturated carbocycles. The standard InChI is InChI=1S/C18H20N2O4/c1-3-19-18(22)13-7-9-15(10-8-13)24-12-17(21)20-14-5-4-6-16(11-14)23-2/h4-11H,3,12H2,1-2H3,(H,19,22)(H,20,21). The molecule has 2 aromatic rings. The van der Waals surface area contributed by atoms with E-state index in [2.05, 4.69) is 10.6 Å². The van der Waals surface area contributed by atoms with Crippen molar-refractivity contribution in [1.82, 2.24) is 5.32 Å². The van der Waals surface area contributed by atoms with E-state index in [0.29, 0.717) is 29.3 Å². The van der Waals surface area contributed by atoms with Crippen molar-refractivity contribution in [3.8, 4) is 11.5 Å². The van der Waals surface area contributed by atoms with Crippen LogP contribution in [0.1, 0.15) is 17.3 Å². The molecule has 0 aliphatic rings. The Hall–Kier alpha value is -3.02. The zero-order valence-corrected chi connectivity index (χ0v) is 13.7. The van der Waals surface area contributed by atoms with E-state index in [1.807, 2.05) is 6.92 Å². The molecule has 0 fully saturated rings. The highest BCUT2D eigenvalue weighted by atomic mass is 16.5. The lowest BCUT2D eigenvalue weighted by atomic mass is 10.2. The Bertz CT molecular complexity index is 698. The van der Waals surface area contributed by atoms with Gasteiger partial charge in [0.2, 0.25) is 0 Å². The minimum atomic E-state index is -0.281. The van der Waals surface area contributed by atoms with Crippen LogP contribution in [-0.4, -0.2) is 32.1 Å². The van der Waals surface area contributed by atoms with Crippen molar-refractivity contribution in [1.29, 1.82) is 0 Å². The summed E-state index contributed by atoms with van der Waals surface area (Å²) in [5.41, 5.74) is 1.18. The Morgan fingerprint density at radius 1 is 1.04 bits per heavy atom. The molecule has 2 rings (SSSR count). The molecule has 24 heavy (non-hydrogen) atoms. The molecule has 0 aromatic heterocycles. The van der Waals surface area contributed by atoms with Crippen LogP contribution in [0.5, 0.6) is 11.5 Å². The van der Waals surface area contributed by atoms with Crippen molar-refractivity contribution in [2.75, 3.05) is 25.6 Å². The van der Waals surface area contributed by atoms with Gasteiger partial charge in [-0.05, 0) is 43.3 Å². The van der Waals surface area contributed by atoms with Crippen LogP contribution in [0.3, 0.4) is 0 Å². The summed E-state index contributed by atoms with van der Waals surface area (Å²) in [7, 11) is 1.56. The van der Waals surface area contributed by atoms with Gasteiger partial charge in [-0.3, -0.25) is 9.59 Å². The van der Waals surface area contributed by atoms with Gasteiger partial charge in [-0.25, -0.2) is 0 Å². The second-order valence-electron chi connectivity index (χ2n) is 4.95. The number of anilines is 1. The summed E-state index contributed by atoms with van der Waals surface area (Å²) in [4.78, 5) is 23.6. The number of methoxy groups -OCH3 is 1. The minimum absolute atomic E-state index is 0.127. The molecule has 0 unspecified atom stereocenters. The average molecular weight is 328 g/mol. The molecule has 0 saturated heterocycles. The molecule has 6 nitrogen and oxygen atoms in total. The minimum Gasteiger partial charge on any atom is -0.497 e. The first kappa shape index (κ1) is 17.3. The highest BCUT2D eigenvalue weighted by Gasteiger charge is 2.07. The van der Waals surface area contributed by atoms with Gasteiger partial charge in [-0.15, -0.1) is 0 Å². The zero-order valence-electron chi connectivity index (χ0n) is 13.7. The monoisotopic (exact) mass is 328 g/mol. The maximum absolute atomic E-state index is 11.9. The van der Waals surface area contributed by atoms with Crippen molar-refractivity contribution >= 4 is 17.5 Å². The lowest BCUT2D eigenvalue weighted by Gasteiger charge is -2.09. The first-order valence-corrected chi connectivity index (χ1v) is 7.57. The van der Waals surface area contributed by atoms with Crippen LogP contribution >= 0.6 is 0 Å². The number of carbonyl (C=O) groups excluding carboxylic acids is 2. The summed E-state index contributed by atoms with van der Waals surface area (Å²) in [6.45, 7) is 2.30. The smallest absolute Gasteiger partial charge is 0.262 e. The lowest BCUT2D eigenvalue weighted by Crippen LogP contribution is -2.22. The van der Waals surface area contributed by atoms with Crippen molar-refractivity contribution in [2.45, 2.75) is 6.92 Å². The van der Waals surface area contributed by atoms with E-state index in [9.17, 15) is 9.59 Å². The number of nitrogens with one attached hydrogen (secondary N) is 2. The first-order valence-electron chi connectivity index (χ1n) is 7.57.